The number of nitrogens with one attached hydrogen (secondary N) is 1. The highest BCUT2D eigenvalue weighted by Crippen LogP contribution is 2.30. The molecule has 0 spiro atoms. The summed E-state index contributed by atoms with van der Waals surface area (Å²) < 4.78 is 19.1. The largest absolute Gasteiger partial charge is 0.496 e. The molecule has 0 aliphatic carbocycles. The highest BCUT2D eigenvalue weighted by Gasteiger charge is 2.24. The maximum Gasteiger partial charge on any atom is 0.132 e. The summed E-state index contributed by atoms with van der Waals surface area (Å²) in [6.45, 7) is 3.55. The van der Waals surface area contributed by atoms with E-state index in [2.05, 4.69) is 28.4 Å². The number of hydrogen-bond donors (Lipinski definition) is 1. The Balaban J connectivity index is 0.00000225. The molecule has 1 saturated heterocycles. The third kappa shape index (κ3) is 4.88. The number of nitrogens with zero attached hydrogens (tertiary/aromatic N) is 1. The van der Waals surface area contributed by atoms with E-state index in [4.69, 9.17) is 4.74 Å². The fraction of sp³-hybridized carbons (Fsp3) is 0.368. The molecule has 2 aromatic rings. The minimum Gasteiger partial charge on any atom is -0.496 e. The van der Waals surface area contributed by atoms with Gasteiger partial charge >= 0.3 is 0 Å². The molecule has 3 rings (SSSR count). The van der Waals surface area contributed by atoms with Gasteiger partial charge in [-0.1, -0.05) is 18.2 Å². The van der Waals surface area contributed by atoms with Crippen molar-refractivity contribution in [2.45, 2.75) is 17.5 Å². The summed E-state index contributed by atoms with van der Waals surface area (Å²) >= 11 is 1.68. The van der Waals surface area contributed by atoms with E-state index in [9.17, 15) is 4.39 Å². The predicted molar refractivity (Wildman–Crippen MR) is 104 cm³/mol. The summed E-state index contributed by atoms with van der Waals surface area (Å²) in [7, 11) is 1.71. The van der Waals surface area contributed by atoms with E-state index in [-0.39, 0.29) is 24.3 Å². The van der Waals surface area contributed by atoms with Gasteiger partial charge in [-0.3, -0.25) is 4.90 Å². The van der Waals surface area contributed by atoms with Gasteiger partial charge in [0, 0.05) is 37.1 Å². The normalized spacial score (nSPS) is 17.8. The molecule has 1 atom stereocenters. The topological polar surface area (TPSA) is 24.5 Å². The number of piperazine rings is 1. The van der Waals surface area contributed by atoms with E-state index in [1.165, 1.54) is 11.6 Å². The average Bonchev–Trinajstić information content (AvgIpc) is 2.62. The highest BCUT2D eigenvalue weighted by atomic mass is 35.5. The molecule has 0 aromatic heterocycles. The van der Waals surface area contributed by atoms with Gasteiger partial charge in [0.25, 0.3) is 0 Å². The van der Waals surface area contributed by atoms with Gasteiger partial charge in [0.15, 0.2) is 0 Å². The number of thioether (sulfide) groups is 1. The number of benzene rings is 2. The van der Waals surface area contributed by atoms with Crippen molar-refractivity contribution in [3.05, 3.63) is 59.4 Å². The van der Waals surface area contributed by atoms with Crippen LogP contribution in [0.25, 0.3) is 0 Å². The molecule has 1 fully saturated rings. The van der Waals surface area contributed by atoms with Crippen LogP contribution in [-0.4, -0.2) is 37.9 Å². The lowest BCUT2D eigenvalue weighted by molar-refractivity contribution is 0.153. The van der Waals surface area contributed by atoms with Crippen molar-refractivity contribution in [2.24, 2.45) is 0 Å². The molecule has 0 saturated carbocycles. The quantitative estimate of drug-likeness (QED) is 0.786. The van der Waals surface area contributed by atoms with E-state index >= 15 is 0 Å². The molecule has 1 unspecified atom stereocenters. The smallest absolute Gasteiger partial charge is 0.132 e. The van der Waals surface area contributed by atoms with Crippen LogP contribution in [0.3, 0.4) is 0 Å². The number of rotatable bonds is 5. The fourth-order valence-corrected chi connectivity index (χ4v) is 3.74. The zero-order valence-corrected chi connectivity index (χ0v) is 16.1. The van der Waals surface area contributed by atoms with Crippen LogP contribution in [0.4, 0.5) is 4.39 Å². The minimum atomic E-state index is -0.177. The van der Waals surface area contributed by atoms with Crippen LogP contribution in [0.5, 0.6) is 5.75 Å². The molecular formula is C19H24ClFN2OS. The summed E-state index contributed by atoms with van der Waals surface area (Å²) in [5, 5.41) is 3.42. The number of hydrogen-bond acceptors (Lipinski definition) is 4. The van der Waals surface area contributed by atoms with Crippen LogP contribution < -0.4 is 10.1 Å². The second kappa shape index (κ2) is 9.43. The van der Waals surface area contributed by atoms with Gasteiger partial charge in [-0.25, -0.2) is 4.39 Å². The van der Waals surface area contributed by atoms with Crippen LogP contribution >= 0.6 is 24.2 Å². The van der Waals surface area contributed by atoms with E-state index < -0.39 is 0 Å². The molecule has 1 heterocycles. The summed E-state index contributed by atoms with van der Waals surface area (Å²) in [6, 6.07) is 13.5. The van der Waals surface area contributed by atoms with Crippen LogP contribution in [0, 0.1) is 5.82 Å². The Kier molecular flexibility index (Phi) is 7.56. The summed E-state index contributed by atoms with van der Waals surface area (Å²) in [6.07, 6.45) is 2.05. The predicted octanol–water partition coefficient (Wildman–Crippen LogP) is 4.12. The molecule has 25 heavy (non-hydrogen) atoms. The van der Waals surface area contributed by atoms with Crippen molar-refractivity contribution in [2.75, 3.05) is 33.0 Å². The molecule has 136 valence electrons. The van der Waals surface area contributed by atoms with Crippen molar-refractivity contribution >= 4 is 24.2 Å². The van der Waals surface area contributed by atoms with Crippen LogP contribution in [0.1, 0.15) is 17.2 Å². The molecule has 1 aliphatic rings. The molecule has 6 heteroatoms. The monoisotopic (exact) mass is 382 g/mol. The maximum atomic E-state index is 13.6. The molecule has 0 bridgehead atoms. The van der Waals surface area contributed by atoms with E-state index in [0.717, 1.165) is 42.4 Å². The van der Waals surface area contributed by atoms with Gasteiger partial charge in [-0.15, -0.1) is 24.2 Å². The SMILES string of the molecule is COc1cc(CN2CCNCC2c2cccc(F)c2)ccc1SC.Cl. The maximum absolute atomic E-state index is 13.6. The Morgan fingerprint density at radius 3 is 2.84 bits per heavy atom. The van der Waals surface area contributed by atoms with E-state index in [1.807, 2.05) is 12.3 Å². The second-order valence-corrected chi connectivity index (χ2v) is 6.78. The standard InChI is InChI=1S/C19H23FN2OS.ClH/c1-23-18-10-14(6-7-19(18)24-2)13-22-9-8-21-12-17(22)15-4-3-5-16(20)11-15;/h3-7,10-11,17,21H,8-9,12-13H2,1-2H3;1H. The number of halogens is 2. The van der Waals surface area contributed by atoms with Gasteiger partial charge < -0.3 is 10.1 Å². The first-order chi connectivity index (χ1) is 11.7. The molecule has 0 radical (unpaired) electrons. The molecule has 3 nitrogen and oxygen atoms in total. The van der Waals surface area contributed by atoms with Gasteiger partial charge in [0.05, 0.1) is 7.11 Å². The third-order valence-electron chi connectivity index (χ3n) is 4.42. The third-order valence-corrected chi connectivity index (χ3v) is 5.20. The number of ether oxygens (including phenoxy) is 1. The zero-order valence-electron chi connectivity index (χ0n) is 14.5. The first kappa shape index (κ1) is 20.0. The minimum absolute atomic E-state index is 0. The Morgan fingerprint density at radius 1 is 1.28 bits per heavy atom. The fourth-order valence-electron chi connectivity index (χ4n) is 3.19. The molecule has 2 aromatic carbocycles. The Bertz CT molecular complexity index is 701. The Labute approximate surface area is 159 Å². The second-order valence-electron chi connectivity index (χ2n) is 5.93. The van der Waals surface area contributed by atoms with Crippen LogP contribution in [0.2, 0.25) is 0 Å². The first-order valence-electron chi connectivity index (χ1n) is 8.12. The molecule has 0 amide bonds. The molecular weight excluding hydrogens is 359 g/mol. The van der Waals surface area contributed by atoms with Crippen molar-refractivity contribution in [1.82, 2.24) is 10.2 Å². The molecule has 1 N–H and O–H groups in total. The van der Waals surface area contributed by atoms with Crippen LogP contribution in [-0.2, 0) is 6.54 Å². The van der Waals surface area contributed by atoms with Crippen molar-refractivity contribution in [3.63, 3.8) is 0 Å². The summed E-state index contributed by atoms with van der Waals surface area (Å²) in [4.78, 5) is 3.54. The van der Waals surface area contributed by atoms with Gasteiger partial charge in [-0.05, 0) is 41.6 Å². The van der Waals surface area contributed by atoms with Gasteiger partial charge in [-0.2, -0.15) is 0 Å². The van der Waals surface area contributed by atoms with Crippen molar-refractivity contribution in [1.29, 1.82) is 0 Å². The molecule has 1 aliphatic heterocycles. The Hall–Kier alpha value is -1.27. The summed E-state index contributed by atoms with van der Waals surface area (Å²) in [5.41, 5.74) is 2.24. The van der Waals surface area contributed by atoms with Crippen LogP contribution in [0.15, 0.2) is 47.4 Å². The number of methoxy groups -OCH3 is 1. The van der Waals surface area contributed by atoms with Gasteiger partial charge in [0.1, 0.15) is 11.6 Å². The van der Waals surface area contributed by atoms with E-state index in [1.54, 1.807) is 31.0 Å². The lowest BCUT2D eigenvalue weighted by Gasteiger charge is -2.36. The van der Waals surface area contributed by atoms with Crippen molar-refractivity contribution < 1.29 is 9.13 Å². The van der Waals surface area contributed by atoms with Gasteiger partial charge in [0.2, 0.25) is 0 Å². The van der Waals surface area contributed by atoms with E-state index in [0.29, 0.717) is 0 Å². The summed E-state index contributed by atoms with van der Waals surface area (Å²) in [5.74, 6) is 0.737. The lowest BCUT2D eigenvalue weighted by Crippen LogP contribution is -2.45. The average molecular weight is 383 g/mol. The zero-order chi connectivity index (χ0) is 16.9. The Morgan fingerprint density at radius 2 is 2.12 bits per heavy atom. The first-order valence-corrected chi connectivity index (χ1v) is 9.35. The highest BCUT2D eigenvalue weighted by molar-refractivity contribution is 7.98. The van der Waals surface area contributed by atoms with Crippen molar-refractivity contribution in [3.8, 4) is 5.75 Å². The lowest BCUT2D eigenvalue weighted by atomic mass is 10.0.